The summed E-state index contributed by atoms with van der Waals surface area (Å²) < 4.78 is 1.36. The van der Waals surface area contributed by atoms with Crippen molar-refractivity contribution in [3.8, 4) is 0 Å². The minimum absolute atomic E-state index is 0.0260. The summed E-state index contributed by atoms with van der Waals surface area (Å²) in [5, 5.41) is 20.6. The Kier molecular flexibility index (Phi) is 5.33. The third kappa shape index (κ3) is 3.73. The number of aliphatic hydroxyl groups is 2. The van der Waals surface area contributed by atoms with E-state index in [1.807, 2.05) is 0 Å². The van der Waals surface area contributed by atoms with Gasteiger partial charge in [-0.1, -0.05) is 17.8 Å². The Hall–Kier alpha value is -1.70. The van der Waals surface area contributed by atoms with Gasteiger partial charge in [-0.25, -0.2) is 4.98 Å². The predicted molar refractivity (Wildman–Crippen MR) is 85.7 cm³/mol. The molecule has 0 spiro atoms. The Balaban J connectivity index is 2.21. The molecule has 118 valence electrons. The van der Waals surface area contributed by atoms with Gasteiger partial charge in [-0.3, -0.25) is 9.59 Å². The second-order valence-corrected chi connectivity index (χ2v) is 6.35. The number of aromatic nitrogens is 2. The minimum atomic E-state index is -1.11. The van der Waals surface area contributed by atoms with E-state index in [1.54, 1.807) is 25.2 Å². The first-order valence-corrected chi connectivity index (χ1v) is 7.83. The quantitative estimate of drug-likeness (QED) is 0.853. The van der Waals surface area contributed by atoms with Crippen LogP contribution in [0.3, 0.4) is 0 Å². The van der Waals surface area contributed by atoms with Gasteiger partial charge in [0.25, 0.3) is 5.56 Å². The lowest BCUT2D eigenvalue weighted by molar-refractivity contribution is -0.109. The number of carbonyl (C=O) groups excluding carboxylic acids is 1. The molecule has 1 aromatic heterocycles. The minimum Gasteiger partial charge on any atom is -0.390 e. The number of nitrogens with zero attached hydrogens (tertiary/aromatic N) is 2. The lowest BCUT2D eigenvalue weighted by Gasteiger charge is -2.18. The van der Waals surface area contributed by atoms with Crippen molar-refractivity contribution in [1.29, 1.82) is 0 Å². The first-order valence-electron chi connectivity index (χ1n) is 6.85. The molecule has 2 aromatic rings. The second kappa shape index (κ2) is 7.04. The van der Waals surface area contributed by atoms with Gasteiger partial charge in [-0.05, 0) is 24.1 Å². The van der Waals surface area contributed by atoms with Gasteiger partial charge in [0.1, 0.15) is 6.10 Å². The molecule has 2 N–H and O–H groups in total. The number of benzene rings is 1. The van der Waals surface area contributed by atoms with E-state index < -0.39 is 12.2 Å². The molecule has 0 saturated carbocycles. The number of aliphatic hydroxyl groups excluding tert-OH is 2. The topological polar surface area (TPSA) is 92.4 Å². The normalized spacial score (nSPS) is 14.0. The van der Waals surface area contributed by atoms with Crippen LogP contribution in [0.5, 0.6) is 0 Å². The first-order chi connectivity index (χ1) is 10.4. The molecule has 2 unspecified atom stereocenters. The van der Waals surface area contributed by atoms with E-state index in [0.717, 1.165) is 11.8 Å². The van der Waals surface area contributed by atoms with Crippen LogP contribution in [0, 0.1) is 0 Å². The van der Waals surface area contributed by atoms with Crippen LogP contribution < -0.4 is 5.56 Å². The summed E-state index contributed by atoms with van der Waals surface area (Å²) in [5.41, 5.74) is 0.791. The molecule has 1 heterocycles. The summed E-state index contributed by atoms with van der Waals surface area (Å²) >= 11 is 1.11. The molecule has 0 bridgehead atoms. The standard InChI is InChI=1S/C15H18N2O4S/c1-9(18)22-6-5-13(19)14(20)10-3-4-12-11(7-10)15(21)17(2)8-16-12/h3-4,7-8,13-14,19-20H,5-6H2,1-2H3. The Labute approximate surface area is 131 Å². The summed E-state index contributed by atoms with van der Waals surface area (Å²) in [6, 6.07) is 4.84. The third-order valence-corrected chi connectivity index (χ3v) is 4.21. The smallest absolute Gasteiger partial charge is 0.260 e. The van der Waals surface area contributed by atoms with E-state index in [-0.39, 0.29) is 17.1 Å². The number of aryl methyl sites for hydroxylation is 1. The maximum absolute atomic E-state index is 12.1. The van der Waals surface area contributed by atoms with Gasteiger partial charge in [-0.2, -0.15) is 0 Å². The Morgan fingerprint density at radius 1 is 1.41 bits per heavy atom. The van der Waals surface area contributed by atoms with Gasteiger partial charge < -0.3 is 14.8 Å². The zero-order chi connectivity index (χ0) is 16.3. The second-order valence-electron chi connectivity index (χ2n) is 5.08. The van der Waals surface area contributed by atoms with Gasteiger partial charge in [0, 0.05) is 19.7 Å². The maximum atomic E-state index is 12.1. The predicted octanol–water partition coefficient (Wildman–Crippen LogP) is 0.998. The van der Waals surface area contributed by atoms with Crippen LogP contribution in [0.25, 0.3) is 10.9 Å². The molecule has 2 rings (SSSR count). The van der Waals surface area contributed by atoms with Gasteiger partial charge in [-0.15, -0.1) is 0 Å². The number of thioether (sulfide) groups is 1. The molecule has 2 atom stereocenters. The van der Waals surface area contributed by atoms with Crippen LogP contribution in [0.4, 0.5) is 0 Å². The number of fused-ring (bicyclic) bond motifs is 1. The fourth-order valence-electron chi connectivity index (χ4n) is 2.12. The molecular weight excluding hydrogens is 304 g/mol. The molecule has 0 saturated heterocycles. The van der Waals surface area contributed by atoms with Crippen molar-refractivity contribution in [1.82, 2.24) is 9.55 Å². The fraction of sp³-hybridized carbons (Fsp3) is 0.400. The highest BCUT2D eigenvalue weighted by Crippen LogP contribution is 2.22. The Morgan fingerprint density at radius 2 is 2.14 bits per heavy atom. The molecule has 1 aromatic carbocycles. The molecule has 22 heavy (non-hydrogen) atoms. The highest BCUT2D eigenvalue weighted by molar-refractivity contribution is 8.13. The highest BCUT2D eigenvalue weighted by Gasteiger charge is 2.19. The van der Waals surface area contributed by atoms with E-state index in [4.69, 9.17) is 0 Å². The summed E-state index contributed by atoms with van der Waals surface area (Å²) in [6.07, 6.45) is -0.380. The van der Waals surface area contributed by atoms with Gasteiger partial charge in [0.2, 0.25) is 0 Å². The van der Waals surface area contributed by atoms with Crippen molar-refractivity contribution in [3.05, 3.63) is 40.4 Å². The van der Waals surface area contributed by atoms with Gasteiger partial charge in [0.15, 0.2) is 5.12 Å². The van der Waals surface area contributed by atoms with Crippen LogP contribution >= 0.6 is 11.8 Å². The van der Waals surface area contributed by atoms with Gasteiger partial charge >= 0.3 is 0 Å². The molecular formula is C15H18N2O4S. The largest absolute Gasteiger partial charge is 0.390 e. The number of carbonyl (C=O) groups is 1. The zero-order valence-corrected chi connectivity index (χ0v) is 13.2. The van der Waals surface area contributed by atoms with Crippen LogP contribution in [-0.2, 0) is 11.8 Å². The van der Waals surface area contributed by atoms with Crippen LogP contribution in [0.1, 0.15) is 25.0 Å². The summed E-state index contributed by atoms with van der Waals surface area (Å²) in [5.74, 6) is 0.435. The molecule has 0 aliphatic rings. The first kappa shape index (κ1) is 16.7. The summed E-state index contributed by atoms with van der Waals surface area (Å²) in [7, 11) is 1.60. The molecule has 0 amide bonds. The van der Waals surface area contributed by atoms with Crippen molar-refractivity contribution in [2.45, 2.75) is 25.6 Å². The third-order valence-electron chi connectivity index (χ3n) is 3.37. The summed E-state index contributed by atoms with van der Waals surface area (Å²) in [4.78, 5) is 27.0. The Morgan fingerprint density at radius 3 is 2.82 bits per heavy atom. The lowest BCUT2D eigenvalue weighted by atomic mass is 10.0. The van der Waals surface area contributed by atoms with E-state index in [2.05, 4.69) is 4.98 Å². The van der Waals surface area contributed by atoms with Crippen LogP contribution in [0.15, 0.2) is 29.3 Å². The number of hydrogen-bond acceptors (Lipinski definition) is 6. The van der Waals surface area contributed by atoms with Crippen molar-refractivity contribution in [2.24, 2.45) is 7.05 Å². The SMILES string of the molecule is CC(=O)SCCC(O)C(O)c1ccc2ncn(C)c(=O)c2c1. The molecule has 0 fully saturated rings. The molecule has 0 aliphatic carbocycles. The van der Waals surface area contributed by atoms with Crippen molar-refractivity contribution in [2.75, 3.05) is 5.75 Å². The van der Waals surface area contributed by atoms with Gasteiger partial charge in [0.05, 0.1) is 23.3 Å². The number of rotatable bonds is 5. The molecule has 0 radical (unpaired) electrons. The lowest BCUT2D eigenvalue weighted by Crippen LogP contribution is -2.21. The Bertz CT molecular complexity index is 744. The van der Waals surface area contributed by atoms with Crippen LogP contribution in [0.2, 0.25) is 0 Å². The molecule has 0 aliphatic heterocycles. The van der Waals surface area contributed by atoms with Crippen molar-refractivity contribution < 1.29 is 15.0 Å². The summed E-state index contributed by atoms with van der Waals surface area (Å²) in [6.45, 7) is 1.46. The average Bonchev–Trinajstić information content (AvgIpc) is 2.49. The number of hydrogen-bond donors (Lipinski definition) is 2. The average molecular weight is 322 g/mol. The monoisotopic (exact) mass is 322 g/mol. The van der Waals surface area contributed by atoms with E-state index >= 15 is 0 Å². The van der Waals surface area contributed by atoms with E-state index in [1.165, 1.54) is 17.8 Å². The zero-order valence-electron chi connectivity index (χ0n) is 12.4. The fourth-order valence-corrected chi connectivity index (χ4v) is 2.76. The molecule has 7 heteroatoms. The van der Waals surface area contributed by atoms with E-state index in [9.17, 15) is 19.8 Å². The highest BCUT2D eigenvalue weighted by atomic mass is 32.2. The van der Waals surface area contributed by atoms with Crippen molar-refractivity contribution >= 4 is 27.8 Å². The van der Waals surface area contributed by atoms with Crippen LogP contribution in [-0.4, -0.2) is 36.7 Å². The molecule has 6 nitrogen and oxygen atoms in total. The maximum Gasteiger partial charge on any atom is 0.260 e. The van der Waals surface area contributed by atoms with E-state index in [0.29, 0.717) is 22.2 Å². The van der Waals surface area contributed by atoms with Crippen molar-refractivity contribution in [3.63, 3.8) is 0 Å².